The molecule has 0 aromatic heterocycles. The molecule has 1 atom stereocenters. The normalized spacial score (nSPS) is 21.4. The second-order valence-corrected chi connectivity index (χ2v) is 3.42. The van der Waals surface area contributed by atoms with Gasteiger partial charge in [-0.3, -0.25) is 14.5 Å². The monoisotopic (exact) mass is 224 g/mol. The summed E-state index contributed by atoms with van der Waals surface area (Å²) in [7, 11) is 0. The van der Waals surface area contributed by atoms with Crippen LogP contribution < -0.4 is 0 Å². The quantitative estimate of drug-likeness (QED) is 0.586. The Balaban J connectivity index is 3.20. The van der Waals surface area contributed by atoms with Crippen molar-refractivity contribution in [1.29, 1.82) is 5.26 Å². The van der Waals surface area contributed by atoms with Crippen LogP contribution >= 0.6 is 0 Å². The average molecular weight is 224 g/mol. The molecule has 1 heterocycles. The SMILES string of the molecule is CC1=C(C#N)C(=O)N(CCO)C(=O)C1CO. The maximum Gasteiger partial charge on any atom is 0.271 e. The summed E-state index contributed by atoms with van der Waals surface area (Å²) < 4.78 is 0. The van der Waals surface area contributed by atoms with Crippen LogP contribution in [0.1, 0.15) is 6.92 Å². The first kappa shape index (κ1) is 12.4. The van der Waals surface area contributed by atoms with E-state index in [1.165, 1.54) is 6.92 Å². The van der Waals surface area contributed by atoms with E-state index < -0.39 is 24.3 Å². The van der Waals surface area contributed by atoms with Gasteiger partial charge in [0.2, 0.25) is 5.91 Å². The van der Waals surface area contributed by atoms with Crippen molar-refractivity contribution >= 4 is 11.8 Å². The maximum absolute atomic E-state index is 11.7. The van der Waals surface area contributed by atoms with E-state index in [4.69, 9.17) is 15.5 Å². The lowest BCUT2D eigenvalue weighted by Crippen LogP contribution is -2.48. The number of hydrogen-bond donors (Lipinski definition) is 2. The molecule has 0 bridgehead atoms. The molecule has 2 amide bonds. The smallest absolute Gasteiger partial charge is 0.271 e. The van der Waals surface area contributed by atoms with Crippen LogP contribution in [0.3, 0.4) is 0 Å². The highest BCUT2D eigenvalue weighted by molar-refractivity contribution is 6.11. The van der Waals surface area contributed by atoms with Crippen LogP contribution in [-0.2, 0) is 9.59 Å². The van der Waals surface area contributed by atoms with E-state index in [2.05, 4.69) is 0 Å². The lowest BCUT2D eigenvalue weighted by molar-refractivity contribution is -0.147. The maximum atomic E-state index is 11.7. The second kappa shape index (κ2) is 4.88. The van der Waals surface area contributed by atoms with E-state index in [9.17, 15) is 9.59 Å². The number of carbonyl (C=O) groups is 2. The van der Waals surface area contributed by atoms with Crippen molar-refractivity contribution in [2.24, 2.45) is 5.92 Å². The molecule has 0 radical (unpaired) electrons. The summed E-state index contributed by atoms with van der Waals surface area (Å²) in [6.07, 6.45) is 0. The number of β-amino-alcohol motifs (C(OH)–C–C–N with tert-alkyl or cyclic N) is 1. The fraction of sp³-hybridized carbons (Fsp3) is 0.500. The number of imide groups is 1. The van der Waals surface area contributed by atoms with E-state index in [0.29, 0.717) is 0 Å². The zero-order valence-corrected chi connectivity index (χ0v) is 8.80. The van der Waals surface area contributed by atoms with Gasteiger partial charge in [-0.25, -0.2) is 0 Å². The summed E-state index contributed by atoms with van der Waals surface area (Å²) in [5, 5.41) is 26.6. The third kappa shape index (κ3) is 1.83. The first-order chi connectivity index (χ1) is 7.58. The Bertz CT molecular complexity index is 394. The molecule has 0 fully saturated rings. The van der Waals surface area contributed by atoms with E-state index in [1.54, 1.807) is 6.07 Å². The van der Waals surface area contributed by atoms with Crippen LogP contribution in [0.4, 0.5) is 0 Å². The van der Waals surface area contributed by atoms with Gasteiger partial charge in [-0.2, -0.15) is 5.26 Å². The molecule has 0 saturated carbocycles. The van der Waals surface area contributed by atoms with Gasteiger partial charge in [0.05, 0.1) is 25.7 Å². The highest BCUT2D eigenvalue weighted by Crippen LogP contribution is 2.24. The number of carbonyl (C=O) groups excluding carboxylic acids is 2. The molecule has 6 nitrogen and oxygen atoms in total. The minimum absolute atomic E-state index is 0.132. The summed E-state index contributed by atoms with van der Waals surface area (Å²) in [5.41, 5.74) is 0.154. The molecule has 2 N–H and O–H groups in total. The first-order valence-electron chi connectivity index (χ1n) is 4.76. The van der Waals surface area contributed by atoms with Crippen LogP contribution in [0.2, 0.25) is 0 Å². The Morgan fingerprint density at radius 3 is 2.50 bits per heavy atom. The van der Waals surface area contributed by atoms with Crippen molar-refractivity contribution in [2.45, 2.75) is 6.92 Å². The fourth-order valence-corrected chi connectivity index (χ4v) is 1.61. The Morgan fingerprint density at radius 2 is 2.06 bits per heavy atom. The average Bonchev–Trinajstić information content (AvgIpc) is 2.26. The van der Waals surface area contributed by atoms with Gasteiger partial charge in [0.1, 0.15) is 11.6 Å². The van der Waals surface area contributed by atoms with Crippen LogP contribution in [0.5, 0.6) is 0 Å². The van der Waals surface area contributed by atoms with Crippen LogP contribution in [0.25, 0.3) is 0 Å². The molecule has 1 aliphatic rings. The Kier molecular flexibility index (Phi) is 3.77. The van der Waals surface area contributed by atoms with E-state index in [-0.39, 0.29) is 24.3 Å². The molecule has 1 unspecified atom stereocenters. The Hall–Kier alpha value is -1.71. The predicted octanol–water partition coefficient (Wildman–Crippen LogP) is -1.20. The third-order valence-electron chi connectivity index (χ3n) is 2.56. The summed E-state index contributed by atoms with van der Waals surface area (Å²) in [5.74, 6) is -2.14. The van der Waals surface area contributed by atoms with E-state index in [0.717, 1.165) is 4.90 Å². The van der Waals surface area contributed by atoms with Crippen LogP contribution in [0, 0.1) is 17.2 Å². The molecule has 1 rings (SSSR count). The van der Waals surface area contributed by atoms with Crippen molar-refractivity contribution in [3.63, 3.8) is 0 Å². The van der Waals surface area contributed by atoms with Crippen molar-refractivity contribution < 1.29 is 19.8 Å². The molecule has 0 saturated heterocycles. The number of aliphatic hydroxyl groups excluding tert-OH is 2. The van der Waals surface area contributed by atoms with E-state index in [1.807, 2.05) is 0 Å². The van der Waals surface area contributed by atoms with Crippen LogP contribution in [-0.4, -0.2) is 46.7 Å². The summed E-state index contributed by atoms with van der Waals surface area (Å²) >= 11 is 0. The molecule has 0 spiro atoms. The zero-order chi connectivity index (χ0) is 12.3. The van der Waals surface area contributed by atoms with Gasteiger partial charge in [-0.15, -0.1) is 0 Å². The van der Waals surface area contributed by atoms with Crippen molar-refractivity contribution in [3.8, 4) is 6.07 Å². The van der Waals surface area contributed by atoms with Crippen LogP contribution in [0.15, 0.2) is 11.1 Å². The third-order valence-corrected chi connectivity index (χ3v) is 2.56. The lowest BCUT2D eigenvalue weighted by Gasteiger charge is -2.29. The largest absolute Gasteiger partial charge is 0.395 e. The molecule has 0 aliphatic carbocycles. The number of hydrogen-bond acceptors (Lipinski definition) is 5. The van der Waals surface area contributed by atoms with Crippen molar-refractivity contribution in [3.05, 3.63) is 11.1 Å². The van der Waals surface area contributed by atoms with Gasteiger partial charge in [0.25, 0.3) is 5.91 Å². The predicted molar refractivity (Wildman–Crippen MR) is 52.7 cm³/mol. The summed E-state index contributed by atoms with van der Waals surface area (Å²) in [6, 6.07) is 1.72. The van der Waals surface area contributed by atoms with E-state index >= 15 is 0 Å². The Labute approximate surface area is 92.4 Å². The van der Waals surface area contributed by atoms with Gasteiger partial charge < -0.3 is 10.2 Å². The molecule has 1 aliphatic heterocycles. The minimum Gasteiger partial charge on any atom is -0.395 e. The second-order valence-electron chi connectivity index (χ2n) is 3.42. The van der Waals surface area contributed by atoms with Gasteiger partial charge in [-0.05, 0) is 12.5 Å². The first-order valence-corrected chi connectivity index (χ1v) is 4.76. The number of aliphatic hydroxyl groups is 2. The highest BCUT2D eigenvalue weighted by atomic mass is 16.3. The summed E-state index contributed by atoms with van der Waals surface area (Å²) in [6.45, 7) is 0.497. The van der Waals surface area contributed by atoms with Gasteiger partial charge >= 0.3 is 0 Å². The van der Waals surface area contributed by atoms with Gasteiger partial charge in [0, 0.05) is 0 Å². The highest BCUT2D eigenvalue weighted by Gasteiger charge is 2.38. The topological polar surface area (TPSA) is 102 Å². The molecular weight excluding hydrogens is 212 g/mol. The van der Waals surface area contributed by atoms with Gasteiger partial charge in [-0.1, -0.05) is 0 Å². The summed E-state index contributed by atoms with van der Waals surface area (Å²) in [4.78, 5) is 24.2. The van der Waals surface area contributed by atoms with Gasteiger partial charge in [0.15, 0.2) is 0 Å². The number of rotatable bonds is 3. The van der Waals surface area contributed by atoms with Crippen molar-refractivity contribution in [1.82, 2.24) is 4.90 Å². The lowest BCUT2D eigenvalue weighted by atomic mass is 9.90. The Morgan fingerprint density at radius 1 is 1.44 bits per heavy atom. The molecule has 6 heteroatoms. The fourth-order valence-electron chi connectivity index (χ4n) is 1.61. The molecule has 0 aromatic carbocycles. The molecular formula is C10H12N2O4. The minimum atomic E-state index is -0.862. The number of nitriles is 1. The van der Waals surface area contributed by atoms with Crippen molar-refractivity contribution in [2.75, 3.05) is 19.8 Å². The molecule has 16 heavy (non-hydrogen) atoms. The number of nitrogens with zero attached hydrogens (tertiary/aromatic N) is 2. The zero-order valence-electron chi connectivity index (χ0n) is 8.80. The number of amides is 2. The molecule has 0 aromatic rings. The standard InChI is InChI=1S/C10H12N2O4/c1-6-7(4-11)9(15)12(2-3-13)10(16)8(6)5-14/h8,13-14H,2-3,5H2,1H3. The molecule has 86 valence electrons.